The van der Waals surface area contributed by atoms with Gasteiger partial charge in [-0.1, -0.05) is 6.07 Å². The minimum absolute atomic E-state index is 0.129. The first kappa shape index (κ1) is 23.9. The number of imide groups is 1. The number of aromatic nitrogens is 3. The number of rotatable bonds is 4. The van der Waals surface area contributed by atoms with Crippen molar-refractivity contribution in [3.8, 4) is 0 Å². The van der Waals surface area contributed by atoms with Crippen molar-refractivity contribution in [2.45, 2.75) is 51.5 Å². The molecule has 0 radical (unpaired) electrons. The average molecular weight is 493 g/mol. The number of para-hydroxylation sites is 1. The zero-order valence-corrected chi connectivity index (χ0v) is 20.5. The molecule has 2 N–H and O–H groups in total. The second-order valence-electron chi connectivity index (χ2n) is 9.52. The maximum atomic E-state index is 13.4. The summed E-state index contributed by atoms with van der Waals surface area (Å²) < 4.78 is 7.22. The van der Waals surface area contributed by atoms with Crippen LogP contribution in [0.3, 0.4) is 0 Å². The van der Waals surface area contributed by atoms with Gasteiger partial charge in [-0.15, -0.1) is 0 Å². The fourth-order valence-corrected chi connectivity index (χ4v) is 5.07. The Morgan fingerprint density at radius 1 is 1.17 bits per heavy atom. The van der Waals surface area contributed by atoms with Crippen molar-refractivity contribution < 1.29 is 18.8 Å². The van der Waals surface area contributed by atoms with Gasteiger partial charge in [-0.05, 0) is 58.8 Å². The van der Waals surface area contributed by atoms with Gasteiger partial charge in [-0.25, -0.2) is 9.97 Å². The first-order valence-corrected chi connectivity index (χ1v) is 12.1. The number of fused-ring (bicyclic) bond motifs is 1. The van der Waals surface area contributed by atoms with Crippen LogP contribution in [-0.4, -0.2) is 57.3 Å². The number of nitrogens with one attached hydrogen (secondary N) is 2. The van der Waals surface area contributed by atoms with E-state index in [-0.39, 0.29) is 35.8 Å². The molecule has 2 unspecified atom stereocenters. The van der Waals surface area contributed by atoms with E-state index < -0.39 is 23.4 Å². The predicted octanol–water partition coefficient (Wildman–Crippen LogP) is 2.04. The smallest absolute Gasteiger partial charge is 0.293 e. The first-order valence-electron chi connectivity index (χ1n) is 12.1. The standard InChI is InChI=1S/C25H28N6O5/c1-13-21(36-24(26-13)15-6-5-11-30(3)12-15)23(34)28-17-8-4-7-16-20(17)27-14(2)31(25(16)35)18-9-10-19(32)29-22(18)33/h4,7-8,15,18H,5-6,9-12H2,1-3H3,(H,28,34)(H,29,32,33). The van der Waals surface area contributed by atoms with Crippen molar-refractivity contribution in [1.82, 2.24) is 24.8 Å². The van der Waals surface area contributed by atoms with E-state index in [1.807, 2.05) is 0 Å². The van der Waals surface area contributed by atoms with Crippen LogP contribution in [0.15, 0.2) is 27.4 Å². The zero-order valence-electron chi connectivity index (χ0n) is 20.5. The van der Waals surface area contributed by atoms with Gasteiger partial charge in [0.05, 0.1) is 16.8 Å². The molecular weight excluding hydrogens is 464 g/mol. The van der Waals surface area contributed by atoms with Crippen molar-refractivity contribution in [2.75, 3.05) is 25.5 Å². The number of amides is 3. The summed E-state index contributed by atoms with van der Waals surface area (Å²) in [4.78, 5) is 61.7. The summed E-state index contributed by atoms with van der Waals surface area (Å²) in [5, 5.41) is 5.35. The number of anilines is 1. The molecule has 11 nitrogen and oxygen atoms in total. The molecule has 36 heavy (non-hydrogen) atoms. The zero-order chi connectivity index (χ0) is 25.6. The Kier molecular flexibility index (Phi) is 6.17. The molecule has 0 spiro atoms. The van der Waals surface area contributed by atoms with E-state index >= 15 is 0 Å². The number of piperidine rings is 2. The molecule has 2 aliphatic heterocycles. The number of nitrogens with zero attached hydrogens (tertiary/aromatic N) is 4. The van der Waals surface area contributed by atoms with Gasteiger partial charge in [0, 0.05) is 18.9 Å². The number of likely N-dealkylation sites (tertiary alicyclic amines) is 1. The summed E-state index contributed by atoms with van der Waals surface area (Å²) in [7, 11) is 2.05. The highest BCUT2D eigenvalue weighted by Gasteiger charge is 2.31. The molecule has 4 heterocycles. The molecule has 2 aliphatic rings. The lowest BCUT2D eigenvalue weighted by molar-refractivity contribution is -0.135. The Morgan fingerprint density at radius 3 is 2.72 bits per heavy atom. The summed E-state index contributed by atoms with van der Waals surface area (Å²) in [5.41, 5.74) is 0.744. The third-order valence-corrected chi connectivity index (χ3v) is 6.87. The van der Waals surface area contributed by atoms with Crippen LogP contribution in [0.5, 0.6) is 0 Å². The quantitative estimate of drug-likeness (QED) is 0.528. The van der Waals surface area contributed by atoms with Gasteiger partial charge >= 0.3 is 0 Å². The number of aryl methyl sites for hydroxylation is 2. The second-order valence-corrected chi connectivity index (χ2v) is 9.52. The van der Waals surface area contributed by atoms with Crippen molar-refractivity contribution in [1.29, 1.82) is 0 Å². The summed E-state index contributed by atoms with van der Waals surface area (Å²) in [6.07, 6.45) is 2.36. The van der Waals surface area contributed by atoms with Gasteiger partial charge in [-0.2, -0.15) is 0 Å². The molecule has 188 valence electrons. The molecule has 1 aromatic carbocycles. The minimum Gasteiger partial charge on any atom is -0.435 e. The number of likely N-dealkylation sites (N-methyl/N-ethyl adjacent to an activating group) is 1. The molecule has 2 saturated heterocycles. The third-order valence-electron chi connectivity index (χ3n) is 6.87. The van der Waals surface area contributed by atoms with E-state index in [4.69, 9.17) is 4.42 Å². The number of carbonyl (C=O) groups is 3. The number of oxazole rings is 1. The van der Waals surface area contributed by atoms with E-state index in [0.29, 0.717) is 28.6 Å². The van der Waals surface area contributed by atoms with Crippen molar-refractivity contribution >= 4 is 34.3 Å². The van der Waals surface area contributed by atoms with Crippen LogP contribution in [0, 0.1) is 13.8 Å². The lowest BCUT2D eigenvalue weighted by Gasteiger charge is -2.27. The van der Waals surface area contributed by atoms with Gasteiger partial charge in [-0.3, -0.25) is 29.1 Å². The Labute approximate surface area is 206 Å². The summed E-state index contributed by atoms with van der Waals surface area (Å²) in [6, 6.07) is 4.08. The highest BCUT2D eigenvalue weighted by Crippen LogP contribution is 2.28. The second kappa shape index (κ2) is 9.30. The Hall–Kier alpha value is -3.86. The van der Waals surface area contributed by atoms with E-state index in [9.17, 15) is 19.2 Å². The van der Waals surface area contributed by atoms with Gasteiger partial charge in [0.2, 0.25) is 17.6 Å². The fraction of sp³-hybridized carbons (Fsp3) is 0.440. The van der Waals surface area contributed by atoms with Gasteiger partial charge < -0.3 is 14.6 Å². The summed E-state index contributed by atoms with van der Waals surface area (Å²) in [6.45, 7) is 5.21. The highest BCUT2D eigenvalue weighted by molar-refractivity contribution is 6.07. The van der Waals surface area contributed by atoms with E-state index in [1.165, 1.54) is 4.57 Å². The molecule has 0 aliphatic carbocycles. The maximum absolute atomic E-state index is 13.4. The maximum Gasteiger partial charge on any atom is 0.293 e. The van der Waals surface area contributed by atoms with Gasteiger partial charge in [0.15, 0.2) is 5.89 Å². The minimum atomic E-state index is -0.820. The summed E-state index contributed by atoms with van der Waals surface area (Å²) >= 11 is 0. The normalized spacial score (nSPS) is 21.0. The summed E-state index contributed by atoms with van der Waals surface area (Å²) in [5.74, 6) is -0.228. The molecule has 0 saturated carbocycles. The topological polar surface area (TPSA) is 139 Å². The highest BCUT2D eigenvalue weighted by atomic mass is 16.4. The van der Waals surface area contributed by atoms with Crippen LogP contribution in [0.1, 0.15) is 65.6 Å². The number of benzene rings is 1. The number of carbonyl (C=O) groups excluding carboxylic acids is 3. The van der Waals surface area contributed by atoms with Crippen LogP contribution in [-0.2, 0) is 9.59 Å². The van der Waals surface area contributed by atoms with E-state index in [0.717, 1.165) is 25.9 Å². The molecule has 2 aromatic heterocycles. The van der Waals surface area contributed by atoms with Crippen LogP contribution >= 0.6 is 0 Å². The van der Waals surface area contributed by atoms with Crippen molar-refractivity contribution in [3.05, 3.63) is 51.7 Å². The Balaban J connectivity index is 1.45. The van der Waals surface area contributed by atoms with Gasteiger partial charge in [0.1, 0.15) is 17.4 Å². The molecule has 2 fully saturated rings. The van der Waals surface area contributed by atoms with Crippen LogP contribution in [0.4, 0.5) is 5.69 Å². The first-order chi connectivity index (χ1) is 17.2. The number of hydrogen-bond acceptors (Lipinski definition) is 8. The Bertz CT molecular complexity index is 1440. The molecule has 3 aromatic rings. The van der Waals surface area contributed by atoms with E-state index in [2.05, 4.69) is 32.5 Å². The predicted molar refractivity (Wildman–Crippen MR) is 131 cm³/mol. The third kappa shape index (κ3) is 4.30. The molecule has 5 rings (SSSR count). The van der Waals surface area contributed by atoms with Crippen molar-refractivity contribution in [3.63, 3.8) is 0 Å². The van der Waals surface area contributed by atoms with E-state index in [1.54, 1.807) is 32.0 Å². The largest absolute Gasteiger partial charge is 0.435 e. The SMILES string of the molecule is Cc1nc(C2CCCN(C)C2)oc1C(=O)Nc1cccc2c(=O)n(C3CCC(=O)NC3=O)c(C)nc12. The lowest BCUT2D eigenvalue weighted by atomic mass is 9.98. The molecule has 2 atom stereocenters. The molecular formula is C25H28N6O5. The van der Waals surface area contributed by atoms with Crippen molar-refractivity contribution in [2.24, 2.45) is 0 Å². The lowest BCUT2D eigenvalue weighted by Crippen LogP contribution is -2.45. The molecule has 0 bridgehead atoms. The fourth-order valence-electron chi connectivity index (χ4n) is 5.07. The molecule has 11 heteroatoms. The number of hydrogen-bond donors (Lipinski definition) is 2. The van der Waals surface area contributed by atoms with Crippen LogP contribution in [0.2, 0.25) is 0 Å². The van der Waals surface area contributed by atoms with Crippen LogP contribution < -0.4 is 16.2 Å². The van der Waals surface area contributed by atoms with Gasteiger partial charge in [0.25, 0.3) is 11.5 Å². The average Bonchev–Trinajstić information content (AvgIpc) is 3.23. The van der Waals surface area contributed by atoms with Crippen LogP contribution in [0.25, 0.3) is 10.9 Å². The Morgan fingerprint density at radius 2 is 1.97 bits per heavy atom. The molecule has 3 amide bonds. The monoisotopic (exact) mass is 492 g/mol.